The van der Waals surface area contributed by atoms with Gasteiger partial charge in [0, 0.05) is 11.7 Å². The van der Waals surface area contributed by atoms with Crippen molar-refractivity contribution in [2.75, 3.05) is 5.73 Å². The van der Waals surface area contributed by atoms with Crippen LogP contribution in [0.1, 0.15) is 43.0 Å². The van der Waals surface area contributed by atoms with Crippen LogP contribution in [0.2, 0.25) is 5.02 Å². The fourth-order valence-electron chi connectivity index (χ4n) is 2.49. The van der Waals surface area contributed by atoms with E-state index >= 15 is 0 Å². The molecule has 0 aliphatic heterocycles. The number of carbonyl (C=O) groups is 1. The summed E-state index contributed by atoms with van der Waals surface area (Å²) in [4.78, 5) is 12.2. The zero-order valence-corrected chi connectivity index (χ0v) is 11.3. The van der Waals surface area contributed by atoms with E-state index in [1.807, 2.05) is 0 Å². The fourth-order valence-corrected chi connectivity index (χ4v) is 2.70. The minimum absolute atomic E-state index is 0.119. The number of benzene rings is 1. The van der Waals surface area contributed by atoms with Gasteiger partial charge < -0.3 is 11.1 Å². The summed E-state index contributed by atoms with van der Waals surface area (Å²) in [6, 6.07) is 5.24. The number of hydrogen-bond donors (Lipinski definition) is 2. The van der Waals surface area contributed by atoms with Crippen molar-refractivity contribution in [3.05, 3.63) is 28.8 Å². The average molecular weight is 267 g/mol. The van der Waals surface area contributed by atoms with E-state index in [1.165, 1.54) is 19.3 Å². The Morgan fingerprint density at radius 2 is 2.11 bits per heavy atom. The van der Waals surface area contributed by atoms with Gasteiger partial charge >= 0.3 is 0 Å². The second-order valence-electron chi connectivity index (χ2n) is 5.08. The number of anilines is 1. The molecule has 2 atom stereocenters. The summed E-state index contributed by atoms with van der Waals surface area (Å²) in [6.45, 7) is 2.19. The molecule has 1 fully saturated rings. The molecule has 0 saturated heterocycles. The third-order valence-corrected chi connectivity index (χ3v) is 3.99. The van der Waals surface area contributed by atoms with Crippen molar-refractivity contribution in [1.82, 2.24) is 5.32 Å². The third kappa shape index (κ3) is 2.96. The smallest absolute Gasteiger partial charge is 0.253 e. The van der Waals surface area contributed by atoms with Crippen molar-refractivity contribution in [1.29, 1.82) is 0 Å². The molecule has 0 aromatic heterocycles. The summed E-state index contributed by atoms with van der Waals surface area (Å²) in [6.07, 6.45) is 4.66. The van der Waals surface area contributed by atoms with Gasteiger partial charge in [0.15, 0.2) is 0 Å². The Morgan fingerprint density at radius 3 is 2.83 bits per heavy atom. The minimum Gasteiger partial charge on any atom is -0.399 e. The predicted molar refractivity (Wildman–Crippen MR) is 74.8 cm³/mol. The number of nitrogen functional groups attached to an aromatic ring is 1. The minimum atomic E-state index is -0.119. The zero-order valence-electron chi connectivity index (χ0n) is 10.6. The molecule has 1 aliphatic rings. The third-order valence-electron chi connectivity index (χ3n) is 3.66. The van der Waals surface area contributed by atoms with Gasteiger partial charge in [-0.15, -0.1) is 0 Å². The van der Waals surface area contributed by atoms with Crippen molar-refractivity contribution in [3.8, 4) is 0 Å². The van der Waals surface area contributed by atoms with E-state index in [4.69, 9.17) is 17.3 Å². The molecule has 0 radical (unpaired) electrons. The fraction of sp³-hybridized carbons (Fsp3) is 0.500. The van der Waals surface area contributed by atoms with E-state index in [0.29, 0.717) is 22.2 Å². The Hall–Kier alpha value is -1.22. The van der Waals surface area contributed by atoms with Gasteiger partial charge in [-0.3, -0.25) is 4.79 Å². The van der Waals surface area contributed by atoms with Crippen LogP contribution in [-0.2, 0) is 0 Å². The summed E-state index contributed by atoms with van der Waals surface area (Å²) < 4.78 is 0. The second kappa shape index (κ2) is 5.61. The van der Waals surface area contributed by atoms with Crippen molar-refractivity contribution >= 4 is 23.2 Å². The molecule has 0 spiro atoms. The lowest BCUT2D eigenvalue weighted by Gasteiger charge is -2.29. The van der Waals surface area contributed by atoms with Gasteiger partial charge in [-0.2, -0.15) is 0 Å². The molecule has 0 unspecified atom stereocenters. The number of hydrogen-bond acceptors (Lipinski definition) is 2. The number of amides is 1. The molecule has 3 nitrogen and oxygen atoms in total. The molecule has 98 valence electrons. The van der Waals surface area contributed by atoms with Crippen LogP contribution in [0.3, 0.4) is 0 Å². The van der Waals surface area contributed by atoms with E-state index < -0.39 is 0 Å². The highest BCUT2D eigenvalue weighted by molar-refractivity contribution is 6.34. The molecule has 0 heterocycles. The molecule has 0 bridgehead atoms. The highest BCUT2D eigenvalue weighted by atomic mass is 35.5. The van der Waals surface area contributed by atoms with Crippen LogP contribution >= 0.6 is 11.6 Å². The number of rotatable bonds is 2. The Balaban J connectivity index is 2.09. The molecular weight excluding hydrogens is 248 g/mol. The summed E-state index contributed by atoms with van der Waals surface area (Å²) in [5, 5.41) is 3.52. The first-order valence-corrected chi connectivity index (χ1v) is 6.81. The number of halogens is 1. The van der Waals surface area contributed by atoms with Gasteiger partial charge in [-0.05, 0) is 37.0 Å². The lowest BCUT2D eigenvalue weighted by atomic mass is 9.86. The molecule has 1 aromatic rings. The quantitative estimate of drug-likeness (QED) is 0.808. The van der Waals surface area contributed by atoms with E-state index in [1.54, 1.807) is 18.2 Å². The lowest BCUT2D eigenvalue weighted by Crippen LogP contribution is -2.41. The molecule has 1 aromatic carbocycles. The molecule has 4 heteroatoms. The van der Waals surface area contributed by atoms with Gasteiger partial charge in [0.25, 0.3) is 5.91 Å². The van der Waals surface area contributed by atoms with E-state index in [0.717, 1.165) is 6.42 Å². The van der Waals surface area contributed by atoms with Crippen molar-refractivity contribution in [2.24, 2.45) is 5.92 Å². The van der Waals surface area contributed by atoms with E-state index in [2.05, 4.69) is 12.2 Å². The first-order chi connectivity index (χ1) is 8.58. The van der Waals surface area contributed by atoms with Crippen molar-refractivity contribution in [3.63, 3.8) is 0 Å². The first-order valence-electron chi connectivity index (χ1n) is 6.44. The number of nitrogens with one attached hydrogen (secondary N) is 1. The molecule has 1 aliphatic carbocycles. The van der Waals surface area contributed by atoms with Gasteiger partial charge in [-0.25, -0.2) is 0 Å². The van der Waals surface area contributed by atoms with Gasteiger partial charge in [0.05, 0.1) is 10.6 Å². The maximum atomic E-state index is 12.2. The summed E-state index contributed by atoms with van der Waals surface area (Å²) in [5.41, 5.74) is 6.71. The molecule has 18 heavy (non-hydrogen) atoms. The van der Waals surface area contributed by atoms with E-state index in [-0.39, 0.29) is 11.9 Å². The summed E-state index contributed by atoms with van der Waals surface area (Å²) in [5.74, 6) is 0.411. The number of carbonyl (C=O) groups excluding carboxylic acids is 1. The number of nitrogens with two attached hydrogens (primary N) is 1. The van der Waals surface area contributed by atoms with Gasteiger partial charge in [0.1, 0.15) is 0 Å². The van der Waals surface area contributed by atoms with E-state index in [9.17, 15) is 4.79 Å². The molecule has 1 amide bonds. The maximum Gasteiger partial charge on any atom is 0.253 e. The Morgan fingerprint density at radius 1 is 1.39 bits per heavy atom. The molecule has 2 rings (SSSR count). The van der Waals surface area contributed by atoms with Crippen LogP contribution in [0.15, 0.2) is 18.2 Å². The standard InChI is InChI=1S/C14H19ClN2O/c1-9-4-2-3-5-13(9)17-14(18)11-8-10(16)6-7-12(11)15/h6-9,13H,2-5,16H2,1H3,(H,17,18)/t9-,13-/m0/s1. The molecular formula is C14H19ClN2O. The normalized spacial score (nSPS) is 23.7. The molecule has 1 saturated carbocycles. The predicted octanol–water partition coefficient (Wildman–Crippen LogP) is 3.23. The second-order valence-corrected chi connectivity index (χ2v) is 5.49. The summed E-state index contributed by atoms with van der Waals surface area (Å²) >= 11 is 6.03. The monoisotopic (exact) mass is 266 g/mol. The van der Waals surface area contributed by atoms with Crippen LogP contribution in [0.25, 0.3) is 0 Å². The maximum absolute atomic E-state index is 12.2. The topological polar surface area (TPSA) is 55.1 Å². The largest absolute Gasteiger partial charge is 0.399 e. The van der Waals surface area contributed by atoms with Gasteiger partial charge in [-0.1, -0.05) is 31.4 Å². The van der Waals surface area contributed by atoms with Crippen LogP contribution in [0.5, 0.6) is 0 Å². The average Bonchev–Trinajstić information content (AvgIpc) is 2.35. The SMILES string of the molecule is C[C@H]1CCCC[C@@H]1NC(=O)c1cc(N)ccc1Cl. The van der Waals surface area contributed by atoms with Gasteiger partial charge in [0.2, 0.25) is 0 Å². The Labute approximate surface area is 113 Å². The van der Waals surface area contributed by atoms with Crippen LogP contribution in [0.4, 0.5) is 5.69 Å². The zero-order chi connectivity index (χ0) is 13.1. The highest BCUT2D eigenvalue weighted by Gasteiger charge is 2.23. The van der Waals surface area contributed by atoms with Crippen LogP contribution < -0.4 is 11.1 Å². The first kappa shape index (κ1) is 13.2. The lowest BCUT2D eigenvalue weighted by molar-refractivity contribution is 0.0910. The summed E-state index contributed by atoms with van der Waals surface area (Å²) in [7, 11) is 0. The van der Waals surface area contributed by atoms with Crippen molar-refractivity contribution < 1.29 is 4.79 Å². The highest BCUT2D eigenvalue weighted by Crippen LogP contribution is 2.25. The van der Waals surface area contributed by atoms with Crippen molar-refractivity contribution in [2.45, 2.75) is 38.6 Å². The van der Waals surface area contributed by atoms with Crippen LogP contribution in [0, 0.1) is 5.92 Å². The Bertz CT molecular complexity index is 447. The Kier molecular flexibility index (Phi) is 4.12. The van der Waals surface area contributed by atoms with Crippen LogP contribution in [-0.4, -0.2) is 11.9 Å². The molecule has 3 N–H and O–H groups in total.